The number of rotatable bonds is 4. The highest BCUT2D eigenvalue weighted by Crippen LogP contribution is 2.47. The smallest absolute Gasteiger partial charge is 0.0228 e. The van der Waals surface area contributed by atoms with Gasteiger partial charge < -0.3 is 0 Å². The van der Waals surface area contributed by atoms with Crippen LogP contribution < -0.4 is 0 Å². The summed E-state index contributed by atoms with van der Waals surface area (Å²) in [7, 11) is 0. The van der Waals surface area contributed by atoms with Crippen LogP contribution >= 0.6 is 0 Å². The second-order valence-corrected chi connectivity index (χ2v) is 6.39. The molecule has 110 valence electrons. The molecule has 21 heavy (non-hydrogen) atoms. The molecular weight excluding hydrogens is 252 g/mol. The van der Waals surface area contributed by atoms with Crippen molar-refractivity contribution in [1.29, 1.82) is 0 Å². The summed E-state index contributed by atoms with van der Waals surface area (Å²) in [6, 6.07) is 22.4. The topological polar surface area (TPSA) is 0 Å². The third-order valence-electron chi connectivity index (χ3n) is 5.44. The van der Waals surface area contributed by atoms with E-state index >= 15 is 0 Å². The summed E-state index contributed by atoms with van der Waals surface area (Å²) in [6.07, 6.45) is 8.14. The van der Waals surface area contributed by atoms with Gasteiger partial charge in [-0.1, -0.05) is 86.8 Å². The first-order chi connectivity index (χ1) is 10.4. The Morgan fingerprint density at radius 2 is 1.24 bits per heavy atom. The normalized spacial score (nSPS) is 16.8. The van der Waals surface area contributed by atoms with E-state index in [2.05, 4.69) is 67.6 Å². The zero-order valence-electron chi connectivity index (χ0n) is 13.1. The largest absolute Gasteiger partial charge is 0.0642 e. The minimum absolute atomic E-state index is 0.197. The molecule has 1 fully saturated rings. The molecule has 0 heterocycles. The predicted octanol–water partition coefficient (Wildman–Crippen LogP) is 5.96. The fraction of sp³-hybridized carbons (Fsp3) is 0.429. The number of benzene rings is 2. The van der Waals surface area contributed by atoms with E-state index in [0.717, 1.165) is 5.92 Å². The fourth-order valence-corrected chi connectivity index (χ4v) is 4.40. The molecule has 1 aliphatic rings. The van der Waals surface area contributed by atoms with Crippen LogP contribution in [0.2, 0.25) is 0 Å². The molecule has 0 aromatic heterocycles. The summed E-state index contributed by atoms with van der Waals surface area (Å²) in [6.45, 7) is 2.37. The van der Waals surface area contributed by atoms with Crippen molar-refractivity contribution in [2.24, 2.45) is 5.92 Å². The molecule has 0 nitrogen and oxygen atoms in total. The second-order valence-electron chi connectivity index (χ2n) is 6.39. The van der Waals surface area contributed by atoms with Gasteiger partial charge in [-0.3, -0.25) is 0 Å². The van der Waals surface area contributed by atoms with Crippen LogP contribution in [-0.2, 0) is 5.41 Å². The fourth-order valence-electron chi connectivity index (χ4n) is 4.40. The van der Waals surface area contributed by atoms with E-state index in [4.69, 9.17) is 0 Å². The van der Waals surface area contributed by atoms with Crippen LogP contribution in [0.5, 0.6) is 0 Å². The van der Waals surface area contributed by atoms with Crippen molar-refractivity contribution >= 4 is 0 Å². The molecular formula is C21H26. The Morgan fingerprint density at radius 3 is 1.67 bits per heavy atom. The molecule has 0 unspecified atom stereocenters. The number of hydrogen-bond acceptors (Lipinski definition) is 0. The Morgan fingerprint density at radius 1 is 0.762 bits per heavy atom. The molecule has 1 aliphatic carbocycles. The van der Waals surface area contributed by atoms with Gasteiger partial charge in [0.1, 0.15) is 0 Å². The first-order valence-electron chi connectivity index (χ1n) is 8.49. The van der Waals surface area contributed by atoms with E-state index < -0.39 is 0 Å². The van der Waals surface area contributed by atoms with Crippen molar-refractivity contribution in [3.63, 3.8) is 0 Å². The van der Waals surface area contributed by atoms with Crippen molar-refractivity contribution in [2.45, 2.75) is 50.9 Å². The summed E-state index contributed by atoms with van der Waals surface area (Å²) in [5.74, 6) is 0.779. The lowest BCUT2D eigenvalue weighted by Crippen LogP contribution is -2.37. The van der Waals surface area contributed by atoms with Crippen molar-refractivity contribution in [1.82, 2.24) is 0 Å². The van der Waals surface area contributed by atoms with Crippen LogP contribution in [0.1, 0.15) is 56.6 Å². The van der Waals surface area contributed by atoms with Gasteiger partial charge in [-0.15, -0.1) is 0 Å². The molecule has 0 aliphatic heterocycles. The predicted molar refractivity (Wildman–Crippen MR) is 90.5 cm³/mol. The molecule has 0 amide bonds. The molecule has 0 spiro atoms. The Hall–Kier alpha value is -1.56. The molecule has 0 N–H and O–H groups in total. The molecule has 0 atom stereocenters. The SMILES string of the molecule is CCC(c1ccccc1)(c1ccccc1)C1CCCCC1. The highest BCUT2D eigenvalue weighted by Gasteiger charge is 2.40. The summed E-state index contributed by atoms with van der Waals surface area (Å²) in [5.41, 5.74) is 3.21. The van der Waals surface area contributed by atoms with Crippen LogP contribution in [0, 0.1) is 5.92 Å². The third kappa shape index (κ3) is 2.64. The summed E-state index contributed by atoms with van der Waals surface area (Å²) in [5, 5.41) is 0. The Labute approximate surface area is 129 Å². The van der Waals surface area contributed by atoms with E-state index in [1.807, 2.05) is 0 Å². The van der Waals surface area contributed by atoms with Crippen LogP contribution in [-0.4, -0.2) is 0 Å². The molecule has 0 radical (unpaired) electrons. The lowest BCUT2D eigenvalue weighted by atomic mass is 9.60. The minimum Gasteiger partial charge on any atom is -0.0642 e. The second kappa shape index (κ2) is 6.47. The van der Waals surface area contributed by atoms with Gasteiger partial charge in [0.25, 0.3) is 0 Å². The van der Waals surface area contributed by atoms with Gasteiger partial charge in [-0.05, 0) is 36.3 Å². The molecule has 0 saturated heterocycles. The maximum atomic E-state index is 2.37. The lowest BCUT2D eigenvalue weighted by Gasteiger charge is -2.43. The van der Waals surface area contributed by atoms with Crippen LogP contribution in [0.4, 0.5) is 0 Å². The highest BCUT2D eigenvalue weighted by atomic mass is 14.4. The number of hydrogen-bond donors (Lipinski definition) is 0. The average molecular weight is 278 g/mol. The van der Waals surface area contributed by atoms with E-state index in [1.165, 1.54) is 49.7 Å². The van der Waals surface area contributed by atoms with Gasteiger partial charge in [0.15, 0.2) is 0 Å². The zero-order valence-corrected chi connectivity index (χ0v) is 13.1. The van der Waals surface area contributed by atoms with Gasteiger partial charge >= 0.3 is 0 Å². The molecule has 1 saturated carbocycles. The lowest BCUT2D eigenvalue weighted by molar-refractivity contribution is 0.231. The minimum atomic E-state index is 0.197. The molecule has 0 bridgehead atoms. The molecule has 2 aromatic carbocycles. The van der Waals surface area contributed by atoms with Crippen molar-refractivity contribution in [3.8, 4) is 0 Å². The maximum absolute atomic E-state index is 2.37. The molecule has 0 heteroatoms. The van der Waals surface area contributed by atoms with Gasteiger partial charge in [-0.25, -0.2) is 0 Å². The Kier molecular flexibility index (Phi) is 4.43. The highest BCUT2D eigenvalue weighted by molar-refractivity contribution is 5.40. The van der Waals surface area contributed by atoms with E-state index in [1.54, 1.807) is 0 Å². The monoisotopic (exact) mass is 278 g/mol. The Balaban J connectivity index is 2.12. The van der Waals surface area contributed by atoms with E-state index in [9.17, 15) is 0 Å². The van der Waals surface area contributed by atoms with Crippen molar-refractivity contribution < 1.29 is 0 Å². The standard InChI is InChI=1S/C21H26/c1-2-21(18-12-6-3-7-13-18,19-14-8-4-9-15-19)20-16-10-5-11-17-20/h3-4,6-9,12-15,20H,2,5,10-11,16-17H2,1H3. The van der Waals surface area contributed by atoms with Crippen molar-refractivity contribution in [3.05, 3.63) is 71.8 Å². The first kappa shape index (κ1) is 14.4. The maximum Gasteiger partial charge on any atom is 0.0228 e. The molecule has 2 aromatic rings. The average Bonchev–Trinajstić information content (AvgIpc) is 2.59. The zero-order chi connectivity index (χ0) is 14.5. The van der Waals surface area contributed by atoms with Crippen LogP contribution in [0.3, 0.4) is 0 Å². The Bertz CT molecular complexity index is 495. The van der Waals surface area contributed by atoms with E-state index in [0.29, 0.717) is 0 Å². The quantitative estimate of drug-likeness (QED) is 0.647. The van der Waals surface area contributed by atoms with Crippen LogP contribution in [0.25, 0.3) is 0 Å². The summed E-state index contributed by atoms with van der Waals surface area (Å²) < 4.78 is 0. The summed E-state index contributed by atoms with van der Waals surface area (Å²) >= 11 is 0. The van der Waals surface area contributed by atoms with Crippen LogP contribution in [0.15, 0.2) is 60.7 Å². The van der Waals surface area contributed by atoms with Gasteiger partial charge in [0.05, 0.1) is 0 Å². The first-order valence-corrected chi connectivity index (χ1v) is 8.49. The van der Waals surface area contributed by atoms with E-state index in [-0.39, 0.29) is 5.41 Å². The van der Waals surface area contributed by atoms with Gasteiger partial charge in [-0.2, -0.15) is 0 Å². The third-order valence-corrected chi connectivity index (χ3v) is 5.44. The van der Waals surface area contributed by atoms with Gasteiger partial charge in [0.2, 0.25) is 0 Å². The summed E-state index contributed by atoms with van der Waals surface area (Å²) in [4.78, 5) is 0. The van der Waals surface area contributed by atoms with Gasteiger partial charge in [0, 0.05) is 5.41 Å². The molecule has 3 rings (SSSR count). The van der Waals surface area contributed by atoms with Crippen molar-refractivity contribution in [2.75, 3.05) is 0 Å².